The zero-order chi connectivity index (χ0) is 13.7. The van der Waals surface area contributed by atoms with Crippen LogP contribution in [0.5, 0.6) is 0 Å². The van der Waals surface area contributed by atoms with Crippen LogP contribution in [0.15, 0.2) is 18.2 Å². The van der Waals surface area contributed by atoms with Crippen LogP contribution in [0.4, 0.5) is 5.69 Å². The van der Waals surface area contributed by atoms with Crippen LogP contribution in [0.2, 0.25) is 5.02 Å². The lowest BCUT2D eigenvalue weighted by Gasteiger charge is -2.20. The Morgan fingerprint density at radius 1 is 1.40 bits per heavy atom. The van der Waals surface area contributed by atoms with Crippen molar-refractivity contribution in [3.63, 3.8) is 0 Å². The number of nitrogens with zero attached hydrogens (tertiary/aromatic N) is 1. The van der Waals surface area contributed by atoms with Gasteiger partial charge in [0.05, 0.1) is 10.6 Å². The summed E-state index contributed by atoms with van der Waals surface area (Å²) >= 11 is 5.97. The molecule has 0 unspecified atom stereocenters. The molecule has 0 saturated carbocycles. The molecule has 1 aromatic rings. The topological polar surface area (TPSA) is 58.4 Å². The van der Waals surface area contributed by atoms with Crippen molar-refractivity contribution < 1.29 is 4.79 Å². The lowest BCUT2D eigenvalue weighted by molar-refractivity contribution is 0.0948. The van der Waals surface area contributed by atoms with Crippen LogP contribution in [0, 0.1) is 0 Å². The average Bonchev–Trinajstić information content (AvgIpc) is 2.28. The number of hydrogen-bond acceptors (Lipinski definition) is 3. The number of halogens is 3. The first-order valence-electron chi connectivity index (χ1n) is 5.95. The smallest absolute Gasteiger partial charge is 0.252 e. The van der Waals surface area contributed by atoms with Gasteiger partial charge in [0, 0.05) is 24.8 Å². The van der Waals surface area contributed by atoms with Gasteiger partial charge in [0.15, 0.2) is 0 Å². The third-order valence-electron chi connectivity index (χ3n) is 2.87. The number of amides is 1. The van der Waals surface area contributed by atoms with Crippen LogP contribution < -0.4 is 11.1 Å². The second-order valence-electron chi connectivity index (χ2n) is 4.57. The van der Waals surface area contributed by atoms with E-state index in [-0.39, 0.29) is 30.7 Å². The molecule has 0 aliphatic heterocycles. The zero-order valence-corrected chi connectivity index (χ0v) is 14.2. The van der Waals surface area contributed by atoms with Crippen LogP contribution in [0.1, 0.15) is 24.2 Å². The predicted octanol–water partition coefficient (Wildman–Crippen LogP) is 2.84. The molecule has 116 valence electrons. The molecule has 0 atom stereocenters. The van der Waals surface area contributed by atoms with Crippen molar-refractivity contribution in [1.29, 1.82) is 0 Å². The summed E-state index contributed by atoms with van der Waals surface area (Å²) in [4.78, 5) is 14.0. The summed E-state index contributed by atoms with van der Waals surface area (Å²) in [6.45, 7) is 5.61. The molecule has 0 bridgehead atoms. The van der Waals surface area contributed by atoms with Crippen LogP contribution in [-0.2, 0) is 0 Å². The van der Waals surface area contributed by atoms with Gasteiger partial charge in [-0.1, -0.05) is 11.6 Å². The molecule has 0 radical (unpaired) electrons. The number of nitrogen functional groups attached to an aromatic ring is 1. The number of nitrogens with one attached hydrogen (secondary N) is 1. The molecule has 1 aromatic carbocycles. The van der Waals surface area contributed by atoms with Crippen molar-refractivity contribution in [1.82, 2.24) is 10.2 Å². The summed E-state index contributed by atoms with van der Waals surface area (Å²) in [5.74, 6) is -0.169. The van der Waals surface area contributed by atoms with E-state index in [1.165, 1.54) is 0 Å². The van der Waals surface area contributed by atoms with Crippen molar-refractivity contribution in [3.05, 3.63) is 28.8 Å². The molecule has 4 nitrogen and oxygen atoms in total. The highest BCUT2D eigenvalue weighted by atomic mass is 35.5. The summed E-state index contributed by atoms with van der Waals surface area (Å²) in [6.07, 6.45) is 0. The van der Waals surface area contributed by atoms with Gasteiger partial charge in [0.1, 0.15) is 0 Å². The highest BCUT2D eigenvalue weighted by Crippen LogP contribution is 2.18. The summed E-state index contributed by atoms with van der Waals surface area (Å²) in [7, 11) is 2.02. The normalized spacial score (nSPS) is 9.90. The van der Waals surface area contributed by atoms with E-state index in [1.807, 2.05) is 7.05 Å². The van der Waals surface area contributed by atoms with Gasteiger partial charge in [-0.2, -0.15) is 0 Å². The van der Waals surface area contributed by atoms with Crippen molar-refractivity contribution in [2.24, 2.45) is 0 Å². The Bertz CT molecular complexity index is 427. The Balaban J connectivity index is 0. The molecular weight excluding hydrogens is 321 g/mol. The average molecular weight is 343 g/mol. The van der Waals surface area contributed by atoms with Crippen LogP contribution >= 0.6 is 36.4 Å². The van der Waals surface area contributed by atoms with E-state index in [9.17, 15) is 4.79 Å². The Labute approximate surface area is 137 Å². The molecule has 0 fully saturated rings. The van der Waals surface area contributed by atoms with Crippen LogP contribution in [0.25, 0.3) is 0 Å². The van der Waals surface area contributed by atoms with E-state index in [2.05, 4.69) is 24.1 Å². The zero-order valence-electron chi connectivity index (χ0n) is 11.9. The van der Waals surface area contributed by atoms with Gasteiger partial charge in [0.2, 0.25) is 0 Å². The van der Waals surface area contributed by atoms with E-state index in [0.29, 0.717) is 28.9 Å². The molecule has 0 heterocycles. The Morgan fingerprint density at radius 2 is 2.00 bits per heavy atom. The summed E-state index contributed by atoms with van der Waals surface area (Å²) in [5.41, 5.74) is 6.59. The SMILES string of the molecule is CC(C)N(C)CCNC(=O)c1ccc(N)cc1Cl.Cl.Cl. The Morgan fingerprint density at radius 3 is 2.50 bits per heavy atom. The molecular formula is C13H22Cl3N3O. The molecule has 0 spiro atoms. The Kier molecular flexibility index (Phi) is 10.9. The van der Waals surface area contributed by atoms with E-state index < -0.39 is 0 Å². The lowest BCUT2D eigenvalue weighted by Crippen LogP contribution is -2.36. The van der Waals surface area contributed by atoms with E-state index >= 15 is 0 Å². The van der Waals surface area contributed by atoms with E-state index in [4.69, 9.17) is 17.3 Å². The fourth-order valence-corrected chi connectivity index (χ4v) is 1.69. The largest absolute Gasteiger partial charge is 0.399 e. The van der Waals surface area contributed by atoms with Gasteiger partial charge >= 0.3 is 0 Å². The minimum Gasteiger partial charge on any atom is -0.399 e. The van der Waals surface area contributed by atoms with Gasteiger partial charge in [-0.3, -0.25) is 4.79 Å². The highest BCUT2D eigenvalue weighted by Gasteiger charge is 2.10. The lowest BCUT2D eigenvalue weighted by atomic mass is 10.2. The summed E-state index contributed by atoms with van der Waals surface area (Å²) < 4.78 is 0. The maximum atomic E-state index is 11.9. The molecule has 0 aliphatic rings. The monoisotopic (exact) mass is 341 g/mol. The third-order valence-corrected chi connectivity index (χ3v) is 3.18. The van der Waals surface area contributed by atoms with Gasteiger partial charge in [-0.15, -0.1) is 24.8 Å². The molecule has 1 rings (SSSR count). The van der Waals surface area contributed by atoms with E-state index in [0.717, 1.165) is 6.54 Å². The highest BCUT2D eigenvalue weighted by molar-refractivity contribution is 6.34. The fraction of sp³-hybridized carbons (Fsp3) is 0.462. The number of anilines is 1. The minimum atomic E-state index is -0.169. The van der Waals surface area contributed by atoms with Crippen molar-refractivity contribution in [2.75, 3.05) is 25.9 Å². The first-order chi connectivity index (χ1) is 8.41. The standard InChI is InChI=1S/C13H20ClN3O.2ClH/c1-9(2)17(3)7-6-16-13(18)11-5-4-10(15)8-12(11)14;;/h4-5,8-9H,6-7,15H2,1-3H3,(H,16,18);2*1H. The fourth-order valence-electron chi connectivity index (χ4n) is 1.41. The predicted molar refractivity (Wildman–Crippen MR) is 90.5 cm³/mol. The molecule has 0 aromatic heterocycles. The van der Waals surface area contributed by atoms with Gasteiger partial charge in [-0.05, 0) is 39.1 Å². The number of benzene rings is 1. The first kappa shape index (κ1) is 21.6. The molecule has 3 N–H and O–H groups in total. The van der Waals surface area contributed by atoms with Gasteiger partial charge in [-0.25, -0.2) is 0 Å². The molecule has 0 saturated heterocycles. The second-order valence-corrected chi connectivity index (χ2v) is 4.98. The first-order valence-corrected chi connectivity index (χ1v) is 6.33. The number of rotatable bonds is 5. The number of carbonyl (C=O) groups is 1. The minimum absolute atomic E-state index is 0. The molecule has 0 aliphatic carbocycles. The Hall–Kier alpha value is -0.680. The van der Waals surface area contributed by atoms with Crippen LogP contribution in [0.3, 0.4) is 0 Å². The van der Waals surface area contributed by atoms with Crippen molar-refractivity contribution in [2.45, 2.75) is 19.9 Å². The van der Waals surface area contributed by atoms with E-state index in [1.54, 1.807) is 18.2 Å². The molecule has 20 heavy (non-hydrogen) atoms. The van der Waals surface area contributed by atoms with Crippen LogP contribution in [-0.4, -0.2) is 37.0 Å². The maximum absolute atomic E-state index is 11.9. The maximum Gasteiger partial charge on any atom is 0.252 e. The number of hydrogen-bond donors (Lipinski definition) is 2. The third kappa shape index (κ3) is 6.66. The quantitative estimate of drug-likeness (QED) is 0.809. The second kappa shape index (κ2) is 10.1. The van der Waals surface area contributed by atoms with Crippen molar-refractivity contribution in [3.8, 4) is 0 Å². The summed E-state index contributed by atoms with van der Waals surface area (Å²) in [6, 6.07) is 5.35. The molecule has 1 amide bonds. The van der Waals surface area contributed by atoms with Crippen molar-refractivity contribution >= 4 is 48.0 Å². The summed E-state index contributed by atoms with van der Waals surface area (Å²) in [5, 5.41) is 3.22. The van der Waals surface area contributed by atoms with Gasteiger partial charge < -0.3 is 16.0 Å². The number of carbonyl (C=O) groups excluding carboxylic acids is 1. The number of likely N-dealkylation sites (N-methyl/N-ethyl adjacent to an activating group) is 1. The molecule has 7 heteroatoms. The van der Waals surface area contributed by atoms with Gasteiger partial charge in [0.25, 0.3) is 5.91 Å². The number of nitrogens with two attached hydrogens (primary N) is 1.